The molecule has 0 aromatic heterocycles. The first-order chi connectivity index (χ1) is 12.9. The second-order valence-corrected chi connectivity index (χ2v) is 7.50. The molecule has 0 bridgehead atoms. The van der Waals surface area contributed by atoms with Gasteiger partial charge in [-0.1, -0.05) is 13.0 Å². The maximum atomic E-state index is 11.6. The predicted molar refractivity (Wildman–Crippen MR) is 99.5 cm³/mol. The van der Waals surface area contributed by atoms with Gasteiger partial charge in [0.15, 0.2) is 0 Å². The molecule has 0 radical (unpaired) electrons. The highest BCUT2D eigenvalue weighted by molar-refractivity contribution is 6.43. The molecule has 1 aromatic rings. The maximum absolute atomic E-state index is 11.6. The van der Waals surface area contributed by atoms with Crippen molar-refractivity contribution in [2.24, 2.45) is 5.73 Å². The molecule has 7 N–H and O–H groups in total. The molecule has 2 atom stereocenters. The standard InChI is InChI=1S/C17H25BN2O8/c1-9(18(26)27)5-10-3-4-12(13(14(10)21)15(22)23)28-11-6-20(7-11)8-17(2,19)16(24)25/h3-4,9,11,21,26-27H,5-8,19H2,1-2H3,(H,22,23)(H,24,25)/t9-,17?/m0/s1. The van der Waals surface area contributed by atoms with Crippen LogP contribution in [0.1, 0.15) is 29.8 Å². The highest BCUT2D eigenvalue weighted by Crippen LogP contribution is 2.35. The van der Waals surface area contributed by atoms with Crippen LogP contribution in [-0.2, 0) is 11.2 Å². The number of rotatable bonds is 9. The first kappa shape index (κ1) is 22.0. The molecule has 1 aliphatic rings. The van der Waals surface area contributed by atoms with E-state index in [1.54, 1.807) is 11.8 Å². The quantitative estimate of drug-likeness (QED) is 0.295. The Bertz CT molecular complexity index is 749. The van der Waals surface area contributed by atoms with E-state index in [0.717, 1.165) is 0 Å². The summed E-state index contributed by atoms with van der Waals surface area (Å²) in [6.45, 7) is 3.83. The largest absolute Gasteiger partial charge is 0.507 e. The zero-order valence-electron chi connectivity index (χ0n) is 15.7. The van der Waals surface area contributed by atoms with Crippen LogP contribution in [0.15, 0.2) is 12.1 Å². The number of phenols is 1. The summed E-state index contributed by atoms with van der Waals surface area (Å²) in [6, 6.07) is 2.90. The third-order valence-corrected chi connectivity index (χ3v) is 4.75. The second-order valence-electron chi connectivity index (χ2n) is 7.50. The van der Waals surface area contributed by atoms with Gasteiger partial charge >= 0.3 is 19.1 Å². The van der Waals surface area contributed by atoms with Gasteiger partial charge in [0.1, 0.15) is 28.7 Å². The fraction of sp³-hybridized carbons (Fsp3) is 0.529. The van der Waals surface area contributed by atoms with Gasteiger partial charge in [-0.05, 0) is 30.8 Å². The number of aliphatic carboxylic acids is 1. The predicted octanol–water partition coefficient (Wildman–Crippen LogP) is -0.639. The number of hydrogen-bond donors (Lipinski definition) is 6. The molecular formula is C17H25BN2O8. The van der Waals surface area contributed by atoms with Crippen LogP contribution in [0.5, 0.6) is 11.5 Å². The molecular weight excluding hydrogens is 371 g/mol. The number of benzene rings is 1. The third-order valence-electron chi connectivity index (χ3n) is 4.75. The van der Waals surface area contributed by atoms with Gasteiger partial charge in [-0.3, -0.25) is 9.69 Å². The average molecular weight is 396 g/mol. The summed E-state index contributed by atoms with van der Waals surface area (Å²) in [7, 11) is -1.59. The van der Waals surface area contributed by atoms with Gasteiger partial charge in [-0.2, -0.15) is 0 Å². The Morgan fingerprint density at radius 1 is 1.36 bits per heavy atom. The van der Waals surface area contributed by atoms with E-state index in [-0.39, 0.29) is 30.4 Å². The zero-order valence-corrected chi connectivity index (χ0v) is 15.7. The Morgan fingerprint density at radius 2 is 1.96 bits per heavy atom. The van der Waals surface area contributed by atoms with Crippen molar-refractivity contribution in [2.75, 3.05) is 19.6 Å². The summed E-state index contributed by atoms with van der Waals surface area (Å²) in [5, 5.41) is 47.2. The molecule has 10 nitrogen and oxygen atoms in total. The first-order valence-electron chi connectivity index (χ1n) is 8.78. The number of hydrogen-bond acceptors (Lipinski definition) is 8. The van der Waals surface area contributed by atoms with Gasteiger partial charge in [-0.15, -0.1) is 0 Å². The molecule has 28 heavy (non-hydrogen) atoms. The second kappa shape index (κ2) is 8.35. The molecule has 11 heteroatoms. The van der Waals surface area contributed by atoms with Crippen molar-refractivity contribution in [3.63, 3.8) is 0 Å². The molecule has 154 valence electrons. The van der Waals surface area contributed by atoms with E-state index in [2.05, 4.69) is 0 Å². The number of nitrogens with two attached hydrogens (primary N) is 1. The van der Waals surface area contributed by atoms with Gasteiger partial charge in [0.05, 0.1) is 0 Å². The molecule has 2 rings (SSSR count). The molecule has 0 aliphatic carbocycles. The van der Waals surface area contributed by atoms with Crippen LogP contribution in [0, 0.1) is 0 Å². The number of carboxylic acids is 2. The molecule has 1 unspecified atom stereocenters. The van der Waals surface area contributed by atoms with Crippen molar-refractivity contribution in [1.29, 1.82) is 0 Å². The molecule has 1 saturated heterocycles. The van der Waals surface area contributed by atoms with E-state index in [1.807, 2.05) is 0 Å². The van der Waals surface area contributed by atoms with Crippen molar-refractivity contribution in [3.05, 3.63) is 23.3 Å². The van der Waals surface area contributed by atoms with Gasteiger partial charge in [0.25, 0.3) is 0 Å². The van der Waals surface area contributed by atoms with E-state index < -0.39 is 41.7 Å². The topological polar surface area (TPSA) is 174 Å². The van der Waals surface area contributed by atoms with E-state index >= 15 is 0 Å². The van der Waals surface area contributed by atoms with Crippen LogP contribution in [0.4, 0.5) is 0 Å². The van der Waals surface area contributed by atoms with Gasteiger partial charge in [0.2, 0.25) is 0 Å². The molecule has 0 amide bonds. The smallest absolute Gasteiger partial charge is 0.454 e. The van der Waals surface area contributed by atoms with Crippen LogP contribution in [0.3, 0.4) is 0 Å². The zero-order chi connectivity index (χ0) is 21.2. The van der Waals surface area contributed by atoms with Crippen molar-refractivity contribution in [1.82, 2.24) is 4.90 Å². The maximum Gasteiger partial charge on any atom is 0.454 e. The lowest BCUT2D eigenvalue weighted by molar-refractivity contribution is -0.144. The normalized spacial score (nSPS) is 18.0. The Labute approximate surface area is 162 Å². The lowest BCUT2D eigenvalue weighted by Crippen LogP contribution is -2.62. The van der Waals surface area contributed by atoms with E-state index in [1.165, 1.54) is 19.1 Å². The lowest BCUT2D eigenvalue weighted by Gasteiger charge is -2.41. The van der Waals surface area contributed by atoms with Gasteiger partial charge in [-0.25, -0.2) is 4.79 Å². The minimum absolute atomic E-state index is 0.00987. The molecule has 1 aromatic carbocycles. The summed E-state index contributed by atoms with van der Waals surface area (Å²) in [5.74, 6) is -3.58. The van der Waals surface area contributed by atoms with Gasteiger partial charge in [0, 0.05) is 19.6 Å². The van der Waals surface area contributed by atoms with Crippen molar-refractivity contribution in [3.8, 4) is 11.5 Å². The summed E-state index contributed by atoms with van der Waals surface area (Å²) in [4.78, 5) is 24.4. The SMILES string of the molecule is C[C@@H](Cc1ccc(OC2CN(CC(C)(N)C(=O)O)C2)c(C(=O)O)c1O)B(O)O. The molecule has 0 spiro atoms. The molecule has 1 aliphatic heterocycles. The highest BCUT2D eigenvalue weighted by atomic mass is 16.5. The number of aromatic hydroxyl groups is 1. The summed E-state index contributed by atoms with van der Waals surface area (Å²) < 4.78 is 5.67. The van der Waals surface area contributed by atoms with Crippen molar-refractivity contribution < 1.29 is 39.7 Å². The third kappa shape index (κ3) is 4.93. The van der Waals surface area contributed by atoms with E-state index in [0.29, 0.717) is 13.1 Å². The van der Waals surface area contributed by atoms with Crippen molar-refractivity contribution in [2.45, 2.75) is 37.7 Å². The fourth-order valence-electron chi connectivity index (χ4n) is 2.98. The lowest BCUT2D eigenvalue weighted by atomic mass is 9.71. The fourth-order valence-corrected chi connectivity index (χ4v) is 2.98. The van der Waals surface area contributed by atoms with Crippen LogP contribution < -0.4 is 10.5 Å². The molecule has 1 fully saturated rings. The van der Waals surface area contributed by atoms with Crippen LogP contribution in [-0.4, -0.2) is 80.6 Å². The average Bonchev–Trinajstić information content (AvgIpc) is 2.54. The Balaban J connectivity index is 2.08. The minimum Gasteiger partial charge on any atom is -0.507 e. The summed E-state index contributed by atoms with van der Waals surface area (Å²) in [5.41, 5.74) is 4.17. The molecule has 1 heterocycles. The highest BCUT2D eigenvalue weighted by Gasteiger charge is 2.37. The number of likely N-dealkylation sites (tertiary alicyclic amines) is 1. The van der Waals surface area contributed by atoms with Crippen LogP contribution in [0.25, 0.3) is 0 Å². The number of aromatic carboxylic acids is 1. The van der Waals surface area contributed by atoms with E-state index in [4.69, 9.17) is 15.6 Å². The monoisotopic (exact) mass is 396 g/mol. The Morgan fingerprint density at radius 3 is 2.46 bits per heavy atom. The van der Waals surface area contributed by atoms with Crippen LogP contribution >= 0.6 is 0 Å². The summed E-state index contributed by atoms with van der Waals surface area (Å²) in [6.07, 6.45) is -0.294. The number of nitrogens with zero attached hydrogens (tertiary/aromatic N) is 1. The number of ether oxygens (including phenoxy) is 1. The van der Waals surface area contributed by atoms with Gasteiger partial charge < -0.3 is 35.8 Å². The Hall–Kier alpha value is -2.34. The minimum atomic E-state index is -1.59. The van der Waals surface area contributed by atoms with E-state index in [9.17, 15) is 29.9 Å². The number of carboxylic acid groups (broad SMARTS) is 2. The number of carbonyl (C=O) groups is 2. The van der Waals surface area contributed by atoms with Crippen LogP contribution in [0.2, 0.25) is 5.82 Å². The summed E-state index contributed by atoms with van der Waals surface area (Å²) >= 11 is 0. The molecule has 0 saturated carbocycles. The Kier molecular flexibility index (Phi) is 6.55. The first-order valence-corrected chi connectivity index (χ1v) is 8.78. The van der Waals surface area contributed by atoms with Crippen molar-refractivity contribution >= 4 is 19.1 Å².